The van der Waals surface area contributed by atoms with Crippen LogP contribution in [-0.4, -0.2) is 14.6 Å². The molecule has 0 bridgehead atoms. The van der Waals surface area contributed by atoms with E-state index in [1.807, 2.05) is 18.2 Å². The molecule has 3 nitrogen and oxygen atoms in total. The molecule has 0 amide bonds. The summed E-state index contributed by atoms with van der Waals surface area (Å²) in [7, 11) is 0. The van der Waals surface area contributed by atoms with Crippen LogP contribution in [0.1, 0.15) is 0 Å². The maximum absolute atomic E-state index is 13.3. The van der Waals surface area contributed by atoms with Crippen LogP contribution in [0.2, 0.25) is 0 Å². The zero-order valence-corrected chi connectivity index (χ0v) is 10.2. The standard InChI is InChI=1S/C12H7BrFN3/c13-9-5-8(6-10(14)7-9)12-15-11-3-1-2-4-17(11)16-12/h1-7H. The molecule has 1 aromatic carbocycles. The van der Waals surface area contributed by atoms with Crippen molar-refractivity contribution in [2.75, 3.05) is 0 Å². The van der Waals surface area contributed by atoms with Crippen LogP contribution in [0.3, 0.4) is 0 Å². The van der Waals surface area contributed by atoms with Crippen LogP contribution in [0.15, 0.2) is 47.1 Å². The van der Waals surface area contributed by atoms with Gasteiger partial charge in [0.2, 0.25) is 0 Å². The molecule has 2 heterocycles. The van der Waals surface area contributed by atoms with Crippen molar-refractivity contribution in [2.45, 2.75) is 0 Å². The number of halogens is 2. The predicted octanol–water partition coefficient (Wildman–Crippen LogP) is 3.30. The van der Waals surface area contributed by atoms with E-state index >= 15 is 0 Å². The van der Waals surface area contributed by atoms with Gasteiger partial charge >= 0.3 is 0 Å². The van der Waals surface area contributed by atoms with Gasteiger partial charge in [-0.25, -0.2) is 13.9 Å². The second-order valence-electron chi connectivity index (χ2n) is 3.60. The number of fused-ring (bicyclic) bond motifs is 1. The SMILES string of the molecule is Fc1cc(Br)cc(-c2nc3ccccn3n2)c1. The molecule has 5 heteroatoms. The minimum Gasteiger partial charge on any atom is -0.221 e. The molecular formula is C12H7BrFN3. The van der Waals surface area contributed by atoms with E-state index in [0.29, 0.717) is 15.9 Å². The van der Waals surface area contributed by atoms with E-state index in [4.69, 9.17) is 0 Å². The third kappa shape index (κ3) is 1.93. The molecule has 0 saturated carbocycles. The average molecular weight is 292 g/mol. The van der Waals surface area contributed by atoms with Gasteiger partial charge in [0.1, 0.15) is 5.82 Å². The van der Waals surface area contributed by atoms with Crippen LogP contribution in [0.25, 0.3) is 17.0 Å². The summed E-state index contributed by atoms with van der Waals surface area (Å²) in [4.78, 5) is 4.33. The fraction of sp³-hybridized carbons (Fsp3) is 0. The van der Waals surface area contributed by atoms with Crippen LogP contribution in [0.5, 0.6) is 0 Å². The monoisotopic (exact) mass is 291 g/mol. The first-order valence-electron chi connectivity index (χ1n) is 5.00. The van der Waals surface area contributed by atoms with Gasteiger partial charge < -0.3 is 0 Å². The van der Waals surface area contributed by atoms with Crippen molar-refractivity contribution in [1.29, 1.82) is 0 Å². The molecule has 0 aliphatic rings. The Bertz CT molecular complexity index is 640. The predicted molar refractivity (Wildman–Crippen MR) is 66.1 cm³/mol. The highest BCUT2D eigenvalue weighted by Crippen LogP contribution is 2.22. The minimum absolute atomic E-state index is 0.312. The molecule has 0 aliphatic carbocycles. The summed E-state index contributed by atoms with van der Waals surface area (Å²) in [5, 5.41) is 4.28. The Hall–Kier alpha value is -1.75. The van der Waals surface area contributed by atoms with E-state index in [9.17, 15) is 4.39 Å². The molecule has 2 aromatic heterocycles. The lowest BCUT2D eigenvalue weighted by Crippen LogP contribution is -1.86. The van der Waals surface area contributed by atoms with Crippen molar-refractivity contribution >= 4 is 21.6 Å². The molecule has 3 rings (SSSR count). The Balaban J connectivity index is 2.20. The number of hydrogen-bond acceptors (Lipinski definition) is 2. The lowest BCUT2D eigenvalue weighted by atomic mass is 10.2. The van der Waals surface area contributed by atoms with Gasteiger partial charge in [-0.05, 0) is 30.3 Å². The van der Waals surface area contributed by atoms with Gasteiger partial charge in [0, 0.05) is 16.2 Å². The second kappa shape index (κ2) is 3.92. The van der Waals surface area contributed by atoms with Crippen molar-refractivity contribution in [3.8, 4) is 11.4 Å². The first-order chi connectivity index (χ1) is 8.22. The zero-order chi connectivity index (χ0) is 11.8. The van der Waals surface area contributed by atoms with E-state index < -0.39 is 0 Å². The lowest BCUT2D eigenvalue weighted by Gasteiger charge is -1.96. The average Bonchev–Trinajstić information content (AvgIpc) is 2.71. The molecule has 0 saturated heterocycles. The largest absolute Gasteiger partial charge is 0.221 e. The molecule has 0 aliphatic heterocycles. The van der Waals surface area contributed by atoms with Crippen LogP contribution in [0, 0.1) is 5.82 Å². The van der Waals surface area contributed by atoms with E-state index in [0.717, 1.165) is 5.65 Å². The first kappa shape index (κ1) is 10.4. The number of aromatic nitrogens is 3. The van der Waals surface area contributed by atoms with Gasteiger partial charge in [-0.1, -0.05) is 22.0 Å². The Morgan fingerprint density at radius 1 is 1.18 bits per heavy atom. The van der Waals surface area contributed by atoms with Gasteiger partial charge in [-0.2, -0.15) is 0 Å². The lowest BCUT2D eigenvalue weighted by molar-refractivity contribution is 0.627. The number of pyridine rings is 1. The summed E-state index contributed by atoms with van der Waals surface area (Å²) in [5.41, 5.74) is 1.39. The Morgan fingerprint density at radius 2 is 2.06 bits per heavy atom. The Labute approximate surface area is 105 Å². The van der Waals surface area contributed by atoms with Crippen LogP contribution in [0.4, 0.5) is 4.39 Å². The molecular weight excluding hydrogens is 285 g/mol. The molecule has 3 aromatic rings. The molecule has 0 N–H and O–H groups in total. The molecule has 0 spiro atoms. The quantitative estimate of drug-likeness (QED) is 0.689. The Morgan fingerprint density at radius 3 is 2.82 bits per heavy atom. The zero-order valence-electron chi connectivity index (χ0n) is 8.64. The number of nitrogens with zero attached hydrogens (tertiary/aromatic N) is 3. The van der Waals surface area contributed by atoms with Crippen molar-refractivity contribution in [3.63, 3.8) is 0 Å². The van der Waals surface area contributed by atoms with Crippen molar-refractivity contribution in [1.82, 2.24) is 14.6 Å². The van der Waals surface area contributed by atoms with E-state index in [-0.39, 0.29) is 5.82 Å². The molecule has 17 heavy (non-hydrogen) atoms. The van der Waals surface area contributed by atoms with E-state index in [1.165, 1.54) is 12.1 Å². The number of rotatable bonds is 1. The number of hydrogen-bond donors (Lipinski definition) is 0. The smallest absolute Gasteiger partial charge is 0.182 e. The molecule has 84 valence electrons. The minimum atomic E-state index is -0.312. The summed E-state index contributed by atoms with van der Waals surface area (Å²) in [6.07, 6.45) is 1.81. The second-order valence-corrected chi connectivity index (χ2v) is 4.51. The van der Waals surface area contributed by atoms with Gasteiger partial charge in [0.25, 0.3) is 0 Å². The summed E-state index contributed by atoms with van der Waals surface area (Å²) in [6.45, 7) is 0. The summed E-state index contributed by atoms with van der Waals surface area (Å²) in [5.74, 6) is 0.199. The highest BCUT2D eigenvalue weighted by molar-refractivity contribution is 9.10. The van der Waals surface area contributed by atoms with Gasteiger partial charge in [-0.3, -0.25) is 0 Å². The third-order valence-corrected chi connectivity index (χ3v) is 2.82. The summed E-state index contributed by atoms with van der Waals surface area (Å²) < 4.78 is 15.6. The van der Waals surface area contributed by atoms with Crippen molar-refractivity contribution in [3.05, 3.63) is 52.9 Å². The van der Waals surface area contributed by atoms with Crippen LogP contribution >= 0.6 is 15.9 Å². The summed E-state index contributed by atoms with van der Waals surface area (Å²) in [6, 6.07) is 10.2. The highest BCUT2D eigenvalue weighted by Gasteiger charge is 2.07. The normalized spacial score (nSPS) is 10.9. The Kier molecular flexibility index (Phi) is 2.40. The number of benzene rings is 1. The van der Waals surface area contributed by atoms with Crippen LogP contribution in [-0.2, 0) is 0 Å². The van der Waals surface area contributed by atoms with Gasteiger partial charge in [0.15, 0.2) is 11.5 Å². The third-order valence-electron chi connectivity index (χ3n) is 2.36. The fourth-order valence-electron chi connectivity index (χ4n) is 1.64. The molecule has 0 fully saturated rings. The first-order valence-corrected chi connectivity index (χ1v) is 5.79. The van der Waals surface area contributed by atoms with Gasteiger partial charge in [-0.15, -0.1) is 5.10 Å². The maximum Gasteiger partial charge on any atom is 0.182 e. The highest BCUT2D eigenvalue weighted by atomic mass is 79.9. The van der Waals surface area contributed by atoms with Crippen molar-refractivity contribution < 1.29 is 4.39 Å². The summed E-state index contributed by atoms with van der Waals surface area (Å²) >= 11 is 3.25. The van der Waals surface area contributed by atoms with E-state index in [2.05, 4.69) is 26.0 Å². The van der Waals surface area contributed by atoms with Gasteiger partial charge in [0.05, 0.1) is 0 Å². The van der Waals surface area contributed by atoms with Crippen LogP contribution < -0.4 is 0 Å². The fourth-order valence-corrected chi connectivity index (χ4v) is 2.10. The van der Waals surface area contributed by atoms with E-state index in [1.54, 1.807) is 16.8 Å². The topological polar surface area (TPSA) is 30.2 Å². The molecule has 0 radical (unpaired) electrons. The van der Waals surface area contributed by atoms with Crippen molar-refractivity contribution in [2.24, 2.45) is 0 Å². The molecule has 0 unspecified atom stereocenters. The maximum atomic E-state index is 13.3. The molecule has 0 atom stereocenters.